The molecule has 0 aliphatic heterocycles. The van der Waals surface area contributed by atoms with E-state index in [4.69, 9.17) is 33.0 Å². The zero-order valence-corrected chi connectivity index (χ0v) is 14.7. The van der Waals surface area contributed by atoms with Crippen LogP contribution in [0.2, 0.25) is 6.55 Å². The molecule has 7 heteroatoms. The van der Waals surface area contributed by atoms with Gasteiger partial charge in [0.1, 0.15) is 0 Å². The van der Waals surface area contributed by atoms with Crippen LogP contribution in [0.5, 0.6) is 5.75 Å². The first-order valence-electron chi connectivity index (χ1n) is 5.16. The number of hydrogen-bond acceptors (Lipinski definition) is 3. The Bertz CT molecular complexity index is 421. The Kier molecular flexibility index (Phi) is 6.99. The number of ether oxygens (including phenoxy) is 1. The van der Waals surface area contributed by atoms with Gasteiger partial charge < -0.3 is 0 Å². The molecule has 0 unspecified atom stereocenters. The van der Waals surface area contributed by atoms with Crippen LogP contribution in [0.1, 0.15) is 5.56 Å². The van der Waals surface area contributed by atoms with E-state index in [1.54, 1.807) is 14.2 Å². The van der Waals surface area contributed by atoms with E-state index in [-0.39, 0.29) is 0 Å². The molecule has 0 heterocycles. The van der Waals surface area contributed by atoms with Gasteiger partial charge >= 0.3 is 122 Å². The van der Waals surface area contributed by atoms with Gasteiger partial charge in [-0.2, -0.15) is 0 Å². The van der Waals surface area contributed by atoms with Crippen LogP contribution < -0.4 is 4.74 Å². The number of hydrogen-bond donors (Lipinski definition) is 0. The predicted molar refractivity (Wildman–Crippen MR) is 74.4 cm³/mol. The Balaban J connectivity index is 2.82. The van der Waals surface area contributed by atoms with Gasteiger partial charge in [0.05, 0.1) is 0 Å². The summed E-state index contributed by atoms with van der Waals surface area (Å²) in [6.45, 7) is 1.94. The third kappa shape index (κ3) is 5.08. The van der Waals surface area contributed by atoms with E-state index < -0.39 is 22.1 Å². The van der Waals surface area contributed by atoms with Gasteiger partial charge in [-0.15, -0.1) is 0 Å². The van der Waals surface area contributed by atoms with Crippen LogP contribution in [-0.2, 0) is 22.4 Å². The summed E-state index contributed by atoms with van der Waals surface area (Å²) in [6, 6.07) is 7.65. The van der Waals surface area contributed by atoms with Crippen molar-refractivity contribution in [1.29, 1.82) is 0 Å². The molecule has 0 fully saturated rings. The average Bonchev–Trinajstić information content (AvgIpc) is 2.37. The Labute approximate surface area is 122 Å². The molecule has 0 saturated heterocycles. The quantitative estimate of drug-likeness (QED) is 0.692. The van der Waals surface area contributed by atoms with Gasteiger partial charge in [0.2, 0.25) is 0 Å². The second kappa shape index (κ2) is 7.73. The topological polar surface area (TPSA) is 27.7 Å². The fourth-order valence-corrected chi connectivity index (χ4v) is 3.82. The van der Waals surface area contributed by atoms with Gasteiger partial charge in [0.15, 0.2) is 0 Å². The zero-order chi connectivity index (χ0) is 13.6. The monoisotopic (exact) mass is 396 g/mol. The van der Waals surface area contributed by atoms with Crippen molar-refractivity contribution in [2.75, 3.05) is 20.4 Å². The third-order valence-corrected chi connectivity index (χ3v) is 6.69. The number of para-hydroxylation sites is 1. The summed E-state index contributed by atoms with van der Waals surface area (Å²) < 4.78 is 18.4. The van der Waals surface area contributed by atoms with Crippen molar-refractivity contribution in [3.05, 3.63) is 29.8 Å². The Morgan fingerprint density at radius 3 is 2.39 bits per heavy atom. The van der Waals surface area contributed by atoms with E-state index in [0.29, 0.717) is 6.23 Å². The van der Waals surface area contributed by atoms with E-state index in [1.807, 2.05) is 35.4 Å². The van der Waals surface area contributed by atoms with E-state index >= 15 is 0 Å². The minimum absolute atomic E-state index is 0.419. The molecule has 0 radical (unpaired) electrons. The Morgan fingerprint density at radius 1 is 1.22 bits per heavy atom. The van der Waals surface area contributed by atoms with Crippen LogP contribution in [0.3, 0.4) is 0 Å². The zero-order valence-electron chi connectivity index (χ0n) is 10.4. The second-order valence-corrected chi connectivity index (χ2v) is 12.8. The molecule has 1 rings (SSSR count). The third-order valence-electron chi connectivity index (χ3n) is 2.46. The number of benzene rings is 1. The maximum atomic E-state index is 5.89. The van der Waals surface area contributed by atoms with E-state index in [2.05, 4.69) is 0 Å². The molecule has 0 aromatic heterocycles. The fraction of sp³-hybridized carbons (Fsp3) is 0.364. The molecule has 0 N–H and O–H groups in total. The van der Waals surface area contributed by atoms with Gasteiger partial charge in [-0.1, -0.05) is 0 Å². The molecule has 0 saturated carbocycles. The molecule has 1 aromatic carbocycles. The SMILES string of the molecule is CO[Si](C)(COc1ccccc1[CH]=[Ru]([Cl])[Cl])OC. The molecule has 0 aliphatic rings. The summed E-state index contributed by atoms with van der Waals surface area (Å²) in [5.41, 5.74) is 0.921. The molecular formula is C11H16Cl2O3RuSi. The van der Waals surface area contributed by atoms with Gasteiger partial charge in [-0.25, -0.2) is 0 Å². The van der Waals surface area contributed by atoms with Crippen molar-refractivity contribution in [3.63, 3.8) is 0 Å². The molecule has 0 amide bonds. The molecule has 1 aromatic rings. The molecule has 0 aliphatic carbocycles. The minimum atomic E-state index is -2.23. The van der Waals surface area contributed by atoms with Crippen LogP contribution >= 0.6 is 19.4 Å². The van der Waals surface area contributed by atoms with Crippen molar-refractivity contribution in [1.82, 2.24) is 0 Å². The van der Waals surface area contributed by atoms with Crippen molar-refractivity contribution in [2.45, 2.75) is 6.55 Å². The summed E-state index contributed by atoms with van der Waals surface area (Å²) >= 11 is -1.86. The normalized spacial score (nSPS) is 12.2. The molecule has 18 heavy (non-hydrogen) atoms. The van der Waals surface area contributed by atoms with E-state index in [9.17, 15) is 0 Å². The number of halogens is 2. The predicted octanol–water partition coefficient (Wildman–Crippen LogP) is 3.05. The molecule has 0 spiro atoms. The van der Waals surface area contributed by atoms with Crippen LogP contribution in [0.4, 0.5) is 0 Å². The fourth-order valence-electron chi connectivity index (χ4n) is 1.19. The Morgan fingerprint density at radius 2 is 1.83 bits per heavy atom. The molecular weight excluding hydrogens is 380 g/mol. The van der Waals surface area contributed by atoms with Crippen LogP contribution in [0.15, 0.2) is 24.3 Å². The maximum absolute atomic E-state index is 5.89. The Hall–Kier alpha value is 0.230. The summed E-state index contributed by atoms with van der Waals surface area (Å²) in [6.07, 6.45) is 0.419. The van der Waals surface area contributed by atoms with Crippen molar-refractivity contribution < 1.29 is 27.1 Å². The molecule has 0 atom stereocenters. The van der Waals surface area contributed by atoms with Gasteiger partial charge in [0.25, 0.3) is 0 Å². The van der Waals surface area contributed by atoms with Crippen molar-refractivity contribution in [3.8, 4) is 5.75 Å². The van der Waals surface area contributed by atoms with Crippen molar-refractivity contribution >= 4 is 32.6 Å². The molecule has 104 valence electrons. The first-order valence-corrected chi connectivity index (χ1v) is 13.2. The molecule has 3 nitrogen and oxygen atoms in total. The first-order chi connectivity index (χ1) is 8.50. The van der Waals surface area contributed by atoms with Gasteiger partial charge in [0, 0.05) is 0 Å². The van der Waals surface area contributed by atoms with Crippen molar-refractivity contribution in [2.24, 2.45) is 0 Å². The van der Waals surface area contributed by atoms with Crippen LogP contribution in [-0.4, -0.2) is 33.6 Å². The summed E-state index contributed by atoms with van der Waals surface area (Å²) in [7, 11) is 12.8. The standard InChI is InChI=1S/C11H16O3Si.2ClH.Ru/c1-10-7-5-6-8-11(10)14-9-15(4,12-2)13-3;;;/h1,5-8H,9H2,2-4H3;2*1H;/q;;;+2/p-2. The average molecular weight is 396 g/mol. The summed E-state index contributed by atoms with van der Waals surface area (Å²) in [5.74, 6) is 0.755. The van der Waals surface area contributed by atoms with E-state index in [0.717, 1.165) is 11.3 Å². The molecule has 0 bridgehead atoms. The van der Waals surface area contributed by atoms with Crippen LogP contribution in [0, 0.1) is 0 Å². The second-order valence-electron chi connectivity index (χ2n) is 3.68. The van der Waals surface area contributed by atoms with Crippen LogP contribution in [0.25, 0.3) is 0 Å². The number of rotatable bonds is 6. The van der Waals surface area contributed by atoms with Gasteiger partial charge in [-0.05, 0) is 0 Å². The first kappa shape index (κ1) is 16.3. The summed E-state index contributed by atoms with van der Waals surface area (Å²) in [4.78, 5) is 0. The van der Waals surface area contributed by atoms with Gasteiger partial charge in [-0.3, -0.25) is 0 Å². The summed E-state index contributed by atoms with van der Waals surface area (Å²) in [5, 5.41) is 0. The van der Waals surface area contributed by atoms with E-state index in [1.165, 1.54) is 0 Å².